The first kappa shape index (κ1) is 9.53. The van der Waals surface area contributed by atoms with Crippen molar-refractivity contribution in [3.05, 3.63) is 29.8 Å². The van der Waals surface area contributed by atoms with Crippen molar-refractivity contribution in [1.82, 2.24) is 5.43 Å². The molecule has 0 aliphatic carbocycles. The lowest BCUT2D eigenvalue weighted by Gasteiger charge is -2.22. The van der Waals surface area contributed by atoms with Crippen LogP contribution in [0.1, 0.15) is 31.7 Å². The normalized spacial score (nSPS) is 16.6. The van der Waals surface area contributed by atoms with Gasteiger partial charge in [-0.2, -0.15) is 0 Å². The van der Waals surface area contributed by atoms with Crippen LogP contribution >= 0.6 is 0 Å². The summed E-state index contributed by atoms with van der Waals surface area (Å²) in [5, 5.41) is 2.27. The molecule has 1 saturated heterocycles. The van der Waals surface area contributed by atoms with Gasteiger partial charge >= 0.3 is 0 Å². The molecule has 1 fully saturated rings. The van der Waals surface area contributed by atoms with Gasteiger partial charge in [0.1, 0.15) is 0 Å². The van der Waals surface area contributed by atoms with E-state index in [1.165, 1.54) is 17.7 Å². The van der Waals surface area contributed by atoms with Gasteiger partial charge in [0.15, 0.2) is 0 Å². The fourth-order valence-electron chi connectivity index (χ4n) is 1.96. The summed E-state index contributed by atoms with van der Waals surface area (Å²) in [7, 11) is 0. The Labute approximate surface area is 85.9 Å². The summed E-state index contributed by atoms with van der Waals surface area (Å²) in [5.41, 5.74) is 6.18. The Balaban J connectivity index is 2.30. The van der Waals surface area contributed by atoms with Gasteiger partial charge in [-0.25, -0.2) is 5.43 Å². The fourth-order valence-corrected chi connectivity index (χ4v) is 1.96. The van der Waals surface area contributed by atoms with E-state index in [0.717, 1.165) is 13.1 Å². The zero-order chi connectivity index (χ0) is 9.97. The van der Waals surface area contributed by atoms with Crippen LogP contribution in [-0.2, 0) is 0 Å². The number of hydrogen-bond donors (Lipinski definition) is 1. The van der Waals surface area contributed by atoms with Crippen LogP contribution in [0.15, 0.2) is 24.3 Å². The third-order valence-electron chi connectivity index (χ3n) is 2.71. The van der Waals surface area contributed by atoms with Gasteiger partial charge in [-0.05, 0) is 24.0 Å². The Morgan fingerprint density at radius 1 is 1.29 bits per heavy atom. The van der Waals surface area contributed by atoms with E-state index in [1.807, 2.05) is 0 Å². The second-order valence-electron chi connectivity index (χ2n) is 4.13. The Bertz CT molecular complexity index is 301. The molecule has 0 radical (unpaired) electrons. The maximum atomic E-state index is 3.40. The number of nitrogens with zero attached hydrogens (tertiary/aromatic N) is 1. The maximum absolute atomic E-state index is 3.40. The van der Waals surface area contributed by atoms with Crippen LogP contribution in [0.2, 0.25) is 0 Å². The van der Waals surface area contributed by atoms with Crippen molar-refractivity contribution in [3.63, 3.8) is 0 Å². The maximum Gasteiger partial charge on any atom is 0.0554 e. The molecule has 0 atom stereocenters. The van der Waals surface area contributed by atoms with Crippen molar-refractivity contribution in [3.8, 4) is 0 Å². The van der Waals surface area contributed by atoms with E-state index in [0.29, 0.717) is 5.92 Å². The van der Waals surface area contributed by atoms with Crippen LogP contribution < -0.4 is 10.4 Å². The molecule has 14 heavy (non-hydrogen) atoms. The lowest BCUT2D eigenvalue weighted by atomic mass is 10.0. The van der Waals surface area contributed by atoms with Crippen LogP contribution in [0.3, 0.4) is 0 Å². The minimum atomic E-state index is 0.591. The number of rotatable bonds is 2. The van der Waals surface area contributed by atoms with E-state index in [1.54, 1.807) is 0 Å². The molecule has 0 aromatic heterocycles. The third-order valence-corrected chi connectivity index (χ3v) is 2.71. The van der Waals surface area contributed by atoms with Crippen molar-refractivity contribution in [2.24, 2.45) is 0 Å². The fraction of sp³-hybridized carbons (Fsp3) is 0.500. The van der Waals surface area contributed by atoms with E-state index in [9.17, 15) is 0 Å². The number of nitrogens with one attached hydrogen (secondary N) is 1. The molecule has 1 heterocycles. The minimum absolute atomic E-state index is 0.591. The van der Waals surface area contributed by atoms with Gasteiger partial charge in [-0.15, -0.1) is 0 Å². The Morgan fingerprint density at radius 2 is 2.07 bits per heavy atom. The highest BCUT2D eigenvalue weighted by atomic mass is 15.5. The second kappa shape index (κ2) is 4.01. The summed E-state index contributed by atoms with van der Waals surface area (Å²) in [6.45, 7) is 6.72. The lowest BCUT2D eigenvalue weighted by Crippen LogP contribution is -2.31. The van der Waals surface area contributed by atoms with E-state index in [2.05, 4.69) is 48.5 Å². The molecule has 0 saturated carbocycles. The summed E-state index contributed by atoms with van der Waals surface area (Å²) < 4.78 is 0. The van der Waals surface area contributed by atoms with Gasteiger partial charge in [0, 0.05) is 13.1 Å². The molecule has 1 aromatic carbocycles. The highest BCUT2D eigenvalue weighted by Gasteiger charge is 2.15. The van der Waals surface area contributed by atoms with Crippen molar-refractivity contribution in [2.75, 3.05) is 18.1 Å². The Hall–Kier alpha value is -1.02. The molecule has 0 unspecified atom stereocenters. The highest BCUT2D eigenvalue weighted by molar-refractivity contribution is 5.54. The van der Waals surface area contributed by atoms with Crippen LogP contribution in [0.25, 0.3) is 0 Å². The van der Waals surface area contributed by atoms with Crippen molar-refractivity contribution in [2.45, 2.75) is 26.2 Å². The molecule has 76 valence electrons. The van der Waals surface area contributed by atoms with Gasteiger partial charge < -0.3 is 5.01 Å². The van der Waals surface area contributed by atoms with Crippen molar-refractivity contribution in [1.29, 1.82) is 0 Å². The summed E-state index contributed by atoms with van der Waals surface area (Å²) in [6.07, 6.45) is 1.24. The van der Waals surface area contributed by atoms with Crippen LogP contribution in [0.5, 0.6) is 0 Å². The number of hydrazine groups is 1. The smallest absolute Gasteiger partial charge is 0.0554 e. The number of anilines is 1. The molecule has 1 aromatic rings. The SMILES string of the molecule is CC(C)c1ccccc1N1CCCN1. The molecular formula is C12H18N2. The van der Waals surface area contributed by atoms with Gasteiger partial charge in [0.05, 0.1) is 5.69 Å². The first-order chi connectivity index (χ1) is 6.79. The molecule has 2 rings (SSSR count). The standard InChI is InChI=1S/C12H18N2/c1-10(2)11-6-3-4-7-12(11)14-9-5-8-13-14/h3-4,6-7,10,13H,5,8-9H2,1-2H3. The summed E-state index contributed by atoms with van der Waals surface area (Å²) in [6, 6.07) is 8.66. The average Bonchev–Trinajstić information content (AvgIpc) is 2.70. The van der Waals surface area contributed by atoms with Crippen molar-refractivity contribution < 1.29 is 0 Å². The molecule has 0 amide bonds. The topological polar surface area (TPSA) is 15.3 Å². The molecule has 2 nitrogen and oxygen atoms in total. The van der Waals surface area contributed by atoms with E-state index < -0.39 is 0 Å². The van der Waals surface area contributed by atoms with Gasteiger partial charge in [-0.3, -0.25) is 0 Å². The van der Waals surface area contributed by atoms with E-state index >= 15 is 0 Å². The highest BCUT2D eigenvalue weighted by Crippen LogP contribution is 2.27. The van der Waals surface area contributed by atoms with Crippen LogP contribution in [0, 0.1) is 0 Å². The van der Waals surface area contributed by atoms with E-state index in [4.69, 9.17) is 0 Å². The second-order valence-corrected chi connectivity index (χ2v) is 4.13. The van der Waals surface area contributed by atoms with E-state index in [-0.39, 0.29) is 0 Å². The Kier molecular flexibility index (Phi) is 2.73. The van der Waals surface area contributed by atoms with Crippen molar-refractivity contribution >= 4 is 5.69 Å². The average molecular weight is 190 g/mol. The van der Waals surface area contributed by atoms with Gasteiger partial charge in [-0.1, -0.05) is 32.0 Å². The number of hydrogen-bond acceptors (Lipinski definition) is 2. The van der Waals surface area contributed by atoms with Gasteiger partial charge in [0.25, 0.3) is 0 Å². The third kappa shape index (κ3) is 1.75. The minimum Gasteiger partial charge on any atom is -0.308 e. The lowest BCUT2D eigenvalue weighted by molar-refractivity contribution is 0.767. The quantitative estimate of drug-likeness (QED) is 0.771. The Morgan fingerprint density at radius 3 is 2.71 bits per heavy atom. The molecule has 1 aliphatic heterocycles. The largest absolute Gasteiger partial charge is 0.308 e. The molecule has 1 N–H and O–H groups in total. The van der Waals surface area contributed by atoms with Crippen LogP contribution in [0.4, 0.5) is 5.69 Å². The summed E-state index contributed by atoms with van der Waals surface area (Å²) in [4.78, 5) is 0. The molecule has 0 bridgehead atoms. The number of para-hydroxylation sites is 1. The summed E-state index contributed by atoms with van der Waals surface area (Å²) in [5.74, 6) is 0.591. The number of benzene rings is 1. The predicted octanol–water partition coefficient (Wildman–Crippen LogP) is 2.52. The first-order valence-corrected chi connectivity index (χ1v) is 5.39. The molecular weight excluding hydrogens is 172 g/mol. The molecule has 0 spiro atoms. The summed E-state index contributed by atoms with van der Waals surface area (Å²) >= 11 is 0. The molecule has 2 heteroatoms. The van der Waals surface area contributed by atoms with Gasteiger partial charge in [0.2, 0.25) is 0 Å². The first-order valence-electron chi connectivity index (χ1n) is 5.39. The zero-order valence-electron chi connectivity index (χ0n) is 8.96. The monoisotopic (exact) mass is 190 g/mol. The zero-order valence-corrected chi connectivity index (χ0v) is 8.96. The molecule has 1 aliphatic rings. The predicted molar refractivity (Wildman–Crippen MR) is 60.5 cm³/mol. The van der Waals surface area contributed by atoms with Crippen LogP contribution in [-0.4, -0.2) is 13.1 Å².